The molecule has 2 aromatic carbocycles. The lowest BCUT2D eigenvalue weighted by molar-refractivity contribution is 0.414. The Kier molecular flexibility index (Phi) is 7.85. The minimum Gasteiger partial charge on any atom is -0.497 e. The zero-order chi connectivity index (χ0) is 17.6. The molecule has 0 aliphatic rings. The third-order valence-corrected chi connectivity index (χ3v) is 4.29. The topological polar surface area (TPSA) is 34.4 Å². The lowest BCUT2D eigenvalue weighted by Gasteiger charge is -2.05. The van der Waals surface area contributed by atoms with Gasteiger partial charge >= 0.3 is 0 Å². The van der Waals surface area contributed by atoms with Gasteiger partial charge in [-0.1, -0.05) is 35.3 Å². The summed E-state index contributed by atoms with van der Waals surface area (Å²) in [6.07, 6.45) is 0.946. The molecule has 6 heteroatoms. The van der Waals surface area contributed by atoms with Gasteiger partial charge in [0.25, 0.3) is 0 Å². The Morgan fingerprint density at radius 3 is 2.31 bits per heavy atom. The highest BCUT2D eigenvalue weighted by atomic mass is 35.5. The summed E-state index contributed by atoms with van der Waals surface area (Å²) >= 11 is 12.1. The molecule has 1 aromatic heterocycles. The van der Waals surface area contributed by atoms with E-state index < -0.39 is 0 Å². The highest BCUT2D eigenvalue weighted by Crippen LogP contribution is 2.28. The molecule has 0 amide bonds. The number of benzene rings is 2. The fourth-order valence-electron chi connectivity index (χ4n) is 2.56. The molecule has 1 N–H and O–H groups in total. The minimum atomic E-state index is 0. The fraction of sp³-hybridized carbons (Fsp3) is 0.200. The van der Waals surface area contributed by atoms with Gasteiger partial charge < -0.3 is 14.5 Å². The molecule has 0 spiro atoms. The van der Waals surface area contributed by atoms with Crippen LogP contribution in [0.15, 0.2) is 59.0 Å². The Bertz CT molecular complexity index is 811. The van der Waals surface area contributed by atoms with Crippen molar-refractivity contribution < 1.29 is 9.15 Å². The van der Waals surface area contributed by atoms with Crippen molar-refractivity contribution in [2.24, 2.45) is 0 Å². The molecule has 138 valence electrons. The SMILES string of the molecule is COc1ccc(CCNCc2ccc(-c3cc(Cl)cc(Cl)c3)o2)cc1.Cl. The maximum Gasteiger partial charge on any atom is 0.134 e. The maximum atomic E-state index is 6.04. The van der Waals surface area contributed by atoms with Crippen molar-refractivity contribution in [3.63, 3.8) is 0 Å². The zero-order valence-corrected chi connectivity index (χ0v) is 16.6. The van der Waals surface area contributed by atoms with Crippen LogP contribution in [0.4, 0.5) is 0 Å². The average Bonchev–Trinajstić information content (AvgIpc) is 3.07. The summed E-state index contributed by atoms with van der Waals surface area (Å²) in [4.78, 5) is 0. The number of ether oxygens (including phenoxy) is 1. The van der Waals surface area contributed by atoms with Crippen LogP contribution in [0.3, 0.4) is 0 Å². The van der Waals surface area contributed by atoms with E-state index in [4.69, 9.17) is 32.4 Å². The van der Waals surface area contributed by atoms with Crippen LogP contribution in [0, 0.1) is 0 Å². The molecule has 3 aromatic rings. The van der Waals surface area contributed by atoms with Crippen LogP contribution in [-0.2, 0) is 13.0 Å². The standard InChI is InChI=1S/C20H19Cl2NO2.ClH/c1-24-18-4-2-14(3-5-18)8-9-23-13-19-6-7-20(25-19)15-10-16(21)12-17(22)11-15;/h2-7,10-12,23H,8-9,13H2,1H3;1H. The Balaban J connectivity index is 0.00000243. The van der Waals surface area contributed by atoms with E-state index in [-0.39, 0.29) is 12.4 Å². The van der Waals surface area contributed by atoms with E-state index in [0.29, 0.717) is 16.6 Å². The van der Waals surface area contributed by atoms with Crippen molar-refractivity contribution in [2.75, 3.05) is 13.7 Å². The van der Waals surface area contributed by atoms with Crippen molar-refractivity contribution in [2.45, 2.75) is 13.0 Å². The molecule has 0 saturated carbocycles. The normalized spacial score (nSPS) is 10.4. The highest BCUT2D eigenvalue weighted by molar-refractivity contribution is 6.35. The number of rotatable bonds is 7. The summed E-state index contributed by atoms with van der Waals surface area (Å²) in [5.74, 6) is 2.51. The van der Waals surface area contributed by atoms with E-state index in [2.05, 4.69) is 17.4 Å². The second-order valence-corrected chi connectivity index (χ2v) is 6.57. The summed E-state index contributed by atoms with van der Waals surface area (Å²) < 4.78 is 11.0. The van der Waals surface area contributed by atoms with Crippen LogP contribution in [0.25, 0.3) is 11.3 Å². The minimum absolute atomic E-state index is 0. The van der Waals surface area contributed by atoms with Gasteiger partial charge in [0.15, 0.2) is 0 Å². The van der Waals surface area contributed by atoms with E-state index in [9.17, 15) is 0 Å². The van der Waals surface area contributed by atoms with Gasteiger partial charge in [0.05, 0.1) is 13.7 Å². The van der Waals surface area contributed by atoms with Crippen molar-refractivity contribution in [3.05, 3.63) is 76.0 Å². The third kappa shape index (κ3) is 5.68. The van der Waals surface area contributed by atoms with Gasteiger partial charge in [0.1, 0.15) is 17.3 Å². The van der Waals surface area contributed by atoms with Gasteiger partial charge in [-0.15, -0.1) is 12.4 Å². The van der Waals surface area contributed by atoms with Crippen LogP contribution < -0.4 is 10.1 Å². The van der Waals surface area contributed by atoms with Gasteiger partial charge in [0, 0.05) is 15.6 Å². The largest absolute Gasteiger partial charge is 0.497 e. The summed E-state index contributed by atoms with van der Waals surface area (Å²) in [5, 5.41) is 4.58. The van der Waals surface area contributed by atoms with Crippen LogP contribution in [-0.4, -0.2) is 13.7 Å². The van der Waals surface area contributed by atoms with E-state index in [1.165, 1.54) is 5.56 Å². The number of halogens is 3. The van der Waals surface area contributed by atoms with Crippen LogP contribution >= 0.6 is 35.6 Å². The Labute approximate surface area is 169 Å². The van der Waals surface area contributed by atoms with Gasteiger partial charge in [-0.3, -0.25) is 0 Å². The zero-order valence-electron chi connectivity index (χ0n) is 14.3. The molecule has 3 rings (SSSR count). The van der Waals surface area contributed by atoms with E-state index >= 15 is 0 Å². The number of methoxy groups -OCH3 is 1. The maximum absolute atomic E-state index is 6.04. The van der Waals surface area contributed by atoms with Gasteiger partial charge in [-0.2, -0.15) is 0 Å². The average molecular weight is 413 g/mol. The Hall–Kier alpha value is -1.65. The summed E-state index contributed by atoms with van der Waals surface area (Å²) in [5.41, 5.74) is 2.14. The predicted octanol–water partition coefficient (Wildman–Crippen LogP) is 6.02. The van der Waals surface area contributed by atoms with Crippen LogP contribution in [0.1, 0.15) is 11.3 Å². The smallest absolute Gasteiger partial charge is 0.134 e. The Morgan fingerprint density at radius 1 is 0.962 bits per heavy atom. The molecule has 1 heterocycles. The van der Waals surface area contributed by atoms with Gasteiger partial charge in [-0.05, 0) is 61.0 Å². The van der Waals surface area contributed by atoms with Crippen LogP contribution in [0.2, 0.25) is 10.0 Å². The molecule has 0 bridgehead atoms. The molecule has 0 aliphatic carbocycles. The lowest BCUT2D eigenvalue weighted by Crippen LogP contribution is -2.16. The predicted molar refractivity (Wildman–Crippen MR) is 110 cm³/mol. The molecule has 0 aliphatic heterocycles. The number of furan rings is 1. The van der Waals surface area contributed by atoms with E-state index in [0.717, 1.165) is 35.8 Å². The molecular weight excluding hydrogens is 393 g/mol. The monoisotopic (exact) mass is 411 g/mol. The summed E-state index contributed by atoms with van der Waals surface area (Å²) in [7, 11) is 1.67. The molecule has 0 saturated heterocycles. The number of nitrogens with one attached hydrogen (secondary N) is 1. The lowest BCUT2D eigenvalue weighted by atomic mass is 10.1. The summed E-state index contributed by atoms with van der Waals surface area (Å²) in [6, 6.07) is 17.4. The second kappa shape index (κ2) is 9.89. The molecule has 0 fully saturated rings. The van der Waals surface area contributed by atoms with Gasteiger partial charge in [-0.25, -0.2) is 0 Å². The molecule has 26 heavy (non-hydrogen) atoms. The molecular formula is C20H20Cl3NO2. The first-order valence-corrected chi connectivity index (χ1v) is 8.78. The first-order valence-electron chi connectivity index (χ1n) is 8.03. The van der Waals surface area contributed by atoms with Crippen molar-refractivity contribution >= 4 is 35.6 Å². The summed E-state index contributed by atoms with van der Waals surface area (Å²) in [6.45, 7) is 1.54. The molecule has 3 nitrogen and oxygen atoms in total. The first kappa shape index (κ1) is 20.7. The first-order chi connectivity index (χ1) is 12.1. The van der Waals surface area contributed by atoms with E-state index in [1.807, 2.05) is 36.4 Å². The highest BCUT2D eigenvalue weighted by Gasteiger charge is 2.07. The molecule has 0 atom stereocenters. The number of hydrogen-bond acceptors (Lipinski definition) is 3. The van der Waals surface area contributed by atoms with Crippen molar-refractivity contribution in [3.8, 4) is 17.1 Å². The van der Waals surface area contributed by atoms with Crippen LogP contribution in [0.5, 0.6) is 5.75 Å². The van der Waals surface area contributed by atoms with Crippen molar-refractivity contribution in [1.82, 2.24) is 5.32 Å². The third-order valence-electron chi connectivity index (χ3n) is 3.86. The quantitative estimate of drug-likeness (QED) is 0.482. The Morgan fingerprint density at radius 2 is 1.65 bits per heavy atom. The molecule has 0 radical (unpaired) electrons. The molecule has 0 unspecified atom stereocenters. The number of hydrogen-bond donors (Lipinski definition) is 1. The van der Waals surface area contributed by atoms with E-state index in [1.54, 1.807) is 13.2 Å². The van der Waals surface area contributed by atoms with Crippen molar-refractivity contribution in [1.29, 1.82) is 0 Å². The second-order valence-electron chi connectivity index (χ2n) is 5.70. The fourth-order valence-corrected chi connectivity index (χ4v) is 3.09. The van der Waals surface area contributed by atoms with Gasteiger partial charge in [0.2, 0.25) is 0 Å².